The van der Waals surface area contributed by atoms with Crippen LogP contribution in [-0.4, -0.2) is 25.0 Å². The van der Waals surface area contributed by atoms with Crippen LogP contribution in [0.5, 0.6) is 0 Å². The van der Waals surface area contributed by atoms with Crippen molar-refractivity contribution >= 4 is 23.0 Å². The Balaban J connectivity index is 1.61. The van der Waals surface area contributed by atoms with Gasteiger partial charge < -0.3 is 15.5 Å². The van der Waals surface area contributed by atoms with E-state index >= 15 is 0 Å². The van der Waals surface area contributed by atoms with Crippen molar-refractivity contribution in [2.45, 2.75) is 13.0 Å². The molecule has 2 aromatic carbocycles. The van der Waals surface area contributed by atoms with E-state index in [2.05, 4.69) is 34.7 Å². The Morgan fingerprint density at radius 1 is 0.926 bits per heavy atom. The number of benzene rings is 2. The molecule has 1 atom stereocenters. The molecule has 3 aromatic rings. The second-order valence-electron chi connectivity index (χ2n) is 6.60. The van der Waals surface area contributed by atoms with Crippen LogP contribution in [0, 0.1) is 0 Å². The summed E-state index contributed by atoms with van der Waals surface area (Å²) < 4.78 is 0. The molecule has 138 valence electrons. The maximum absolute atomic E-state index is 12.4. The summed E-state index contributed by atoms with van der Waals surface area (Å²) in [4.78, 5) is 18.7. The Kier molecular flexibility index (Phi) is 5.71. The van der Waals surface area contributed by atoms with Crippen molar-refractivity contribution < 1.29 is 4.79 Å². The number of carbonyl (C=O) groups is 1. The van der Waals surface area contributed by atoms with E-state index in [0.717, 1.165) is 17.1 Å². The van der Waals surface area contributed by atoms with Gasteiger partial charge in [-0.2, -0.15) is 0 Å². The first kappa shape index (κ1) is 18.5. The third-order valence-corrected chi connectivity index (χ3v) is 4.32. The summed E-state index contributed by atoms with van der Waals surface area (Å²) in [6.07, 6.45) is 1.68. The van der Waals surface area contributed by atoms with Crippen molar-refractivity contribution in [3.63, 3.8) is 0 Å². The van der Waals surface area contributed by atoms with Crippen LogP contribution in [0.25, 0.3) is 0 Å². The second kappa shape index (κ2) is 8.36. The molecule has 0 fully saturated rings. The van der Waals surface area contributed by atoms with Crippen LogP contribution in [0.3, 0.4) is 0 Å². The van der Waals surface area contributed by atoms with Gasteiger partial charge in [0.05, 0.1) is 11.9 Å². The fourth-order valence-electron chi connectivity index (χ4n) is 2.73. The lowest BCUT2D eigenvalue weighted by molar-refractivity contribution is 0.102. The third-order valence-electron chi connectivity index (χ3n) is 4.32. The van der Waals surface area contributed by atoms with Crippen LogP contribution in [0.15, 0.2) is 72.9 Å². The van der Waals surface area contributed by atoms with Gasteiger partial charge in [0, 0.05) is 31.5 Å². The van der Waals surface area contributed by atoms with Crippen LogP contribution in [0.2, 0.25) is 0 Å². The second-order valence-corrected chi connectivity index (χ2v) is 6.60. The maximum atomic E-state index is 12.4. The molecule has 27 heavy (non-hydrogen) atoms. The number of anilines is 3. The Morgan fingerprint density at radius 3 is 2.19 bits per heavy atom. The molecule has 1 heterocycles. The monoisotopic (exact) mass is 360 g/mol. The van der Waals surface area contributed by atoms with Crippen LogP contribution >= 0.6 is 0 Å². The van der Waals surface area contributed by atoms with Gasteiger partial charge in [0.15, 0.2) is 0 Å². The number of pyridine rings is 1. The lowest BCUT2D eigenvalue weighted by Crippen LogP contribution is -2.14. The van der Waals surface area contributed by atoms with Gasteiger partial charge in [-0.3, -0.25) is 4.79 Å². The Bertz CT molecular complexity index is 874. The van der Waals surface area contributed by atoms with E-state index in [1.807, 2.05) is 67.5 Å². The summed E-state index contributed by atoms with van der Waals surface area (Å²) in [5.74, 6) is -0.227. The molecule has 1 unspecified atom stereocenters. The molecule has 0 radical (unpaired) electrons. The van der Waals surface area contributed by atoms with Crippen LogP contribution < -0.4 is 15.5 Å². The van der Waals surface area contributed by atoms with Crippen LogP contribution in [0.4, 0.5) is 17.1 Å². The van der Waals surface area contributed by atoms with Gasteiger partial charge in [-0.25, -0.2) is 4.98 Å². The summed E-state index contributed by atoms with van der Waals surface area (Å²) in [5.41, 5.74) is 4.27. The average Bonchev–Trinajstić information content (AvgIpc) is 2.69. The van der Waals surface area contributed by atoms with Crippen molar-refractivity contribution in [3.05, 3.63) is 84.2 Å². The van der Waals surface area contributed by atoms with E-state index in [9.17, 15) is 4.79 Å². The SMILES string of the molecule is CC(Nc1ccc(C(=O)Nc2ccc(N(C)C)cc2)nc1)c1ccccc1. The summed E-state index contributed by atoms with van der Waals surface area (Å²) >= 11 is 0. The Morgan fingerprint density at radius 2 is 1.59 bits per heavy atom. The van der Waals surface area contributed by atoms with Gasteiger partial charge in [0.25, 0.3) is 5.91 Å². The fraction of sp³-hybridized carbons (Fsp3) is 0.182. The fourth-order valence-corrected chi connectivity index (χ4v) is 2.73. The number of amides is 1. The molecular formula is C22H24N4O. The minimum absolute atomic E-state index is 0.155. The highest BCUT2D eigenvalue weighted by Crippen LogP contribution is 2.19. The van der Waals surface area contributed by atoms with Gasteiger partial charge in [0.1, 0.15) is 5.69 Å². The summed E-state index contributed by atoms with van der Waals surface area (Å²) in [5, 5.41) is 6.26. The molecule has 2 N–H and O–H groups in total. The zero-order valence-electron chi connectivity index (χ0n) is 15.8. The maximum Gasteiger partial charge on any atom is 0.274 e. The number of carbonyl (C=O) groups excluding carboxylic acids is 1. The molecule has 0 aliphatic heterocycles. The number of hydrogen-bond acceptors (Lipinski definition) is 4. The quantitative estimate of drug-likeness (QED) is 0.676. The van der Waals surface area contributed by atoms with Crippen molar-refractivity contribution in [1.82, 2.24) is 4.98 Å². The molecule has 5 nitrogen and oxygen atoms in total. The van der Waals surface area contributed by atoms with Gasteiger partial charge in [-0.1, -0.05) is 30.3 Å². The molecule has 0 bridgehead atoms. The van der Waals surface area contributed by atoms with Gasteiger partial charge in [0.2, 0.25) is 0 Å². The number of nitrogens with zero attached hydrogens (tertiary/aromatic N) is 2. The zero-order chi connectivity index (χ0) is 19.2. The molecule has 0 saturated heterocycles. The predicted molar refractivity (Wildman–Crippen MR) is 111 cm³/mol. The molecule has 0 spiro atoms. The van der Waals surface area contributed by atoms with Crippen LogP contribution in [0.1, 0.15) is 29.0 Å². The third kappa shape index (κ3) is 4.85. The van der Waals surface area contributed by atoms with Crippen molar-refractivity contribution in [1.29, 1.82) is 0 Å². The lowest BCUT2D eigenvalue weighted by atomic mass is 10.1. The molecule has 0 saturated carbocycles. The van der Waals surface area contributed by atoms with Crippen LogP contribution in [-0.2, 0) is 0 Å². The molecule has 3 rings (SSSR count). The van der Waals surface area contributed by atoms with E-state index in [1.165, 1.54) is 5.56 Å². The molecule has 5 heteroatoms. The molecule has 1 aromatic heterocycles. The zero-order valence-corrected chi connectivity index (χ0v) is 15.8. The van der Waals surface area contributed by atoms with Gasteiger partial charge in [-0.15, -0.1) is 0 Å². The van der Waals surface area contributed by atoms with Gasteiger partial charge >= 0.3 is 0 Å². The van der Waals surface area contributed by atoms with Gasteiger partial charge in [-0.05, 0) is 48.9 Å². The minimum atomic E-state index is -0.227. The smallest absolute Gasteiger partial charge is 0.274 e. The van der Waals surface area contributed by atoms with E-state index < -0.39 is 0 Å². The number of aromatic nitrogens is 1. The largest absolute Gasteiger partial charge is 0.378 e. The number of hydrogen-bond donors (Lipinski definition) is 2. The number of nitrogens with one attached hydrogen (secondary N) is 2. The summed E-state index contributed by atoms with van der Waals surface area (Å²) in [6, 6.07) is 21.6. The van der Waals surface area contributed by atoms with Crippen molar-refractivity contribution in [2.24, 2.45) is 0 Å². The first-order valence-electron chi connectivity index (χ1n) is 8.89. The highest BCUT2D eigenvalue weighted by molar-refractivity contribution is 6.03. The first-order valence-corrected chi connectivity index (χ1v) is 8.89. The lowest BCUT2D eigenvalue weighted by Gasteiger charge is -2.15. The van der Waals surface area contributed by atoms with E-state index in [-0.39, 0.29) is 11.9 Å². The Hall–Kier alpha value is -3.34. The highest BCUT2D eigenvalue weighted by atomic mass is 16.1. The van der Waals surface area contributed by atoms with Crippen molar-refractivity contribution in [3.8, 4) is 0 Å². The highest BCUT2D eigenvalue weighted by Gasteiger charge is 2.09. The Labute approximate surface area is 160 Å². The van der Waals surface area contributed by atoms with E-state index in [4.69, 9.17) is 0 Å². The van der Waals surface area contributed by atoms with E-state index in [1.54, 1.807) is 12.3 Å². The molecule has 0 aliphatic carbocycles. The first-order chi connectivity index (χ1) is 13.0. The predicted octanol–water partition coefficient (Wildman–Crippen LogP) is 4.57. The minimum Gasteiger partial charge on any atom is -0.378 e. The summed E-state index contributed by atoms with van der Waals surface area (Å²) in [6.45, 7) is 2.09. The number of rotatable bonds is 6. The molecular weight excluding hydrogens is 336 g/mol. The van der Waals surface area contributed by atoms with Crippen molar-refractivity contribution in [2.75, 3.05) is 29.6 Å². The average molecular weight is 360 g/mol. The topological polar surface area (TPSA) is 57.3 Å². The normalized spacial score (nSPS) is 11.5. The molecule has 0 aliphatic rings. The standard InChI is InChI=1S/C22H24N4O/c1-16(17-7-5-4-6-8-17)24-19-11-14-21(23-15-19)22(27)25-18-9-12-20(13-10-18)26(2)3/h4-16,24H,1-3H3,(H,25,27). The van der Waals surface area contributed by atoms with E-state index in [0.29, 0.717) is 5.69 Å². The molecule has 1 amide bonds. The summed E-state index contributed by atoms with van der Waals surface area (Å²) in [7, 11) is 3.96.